The van der Waals surface area contributed by atoms with Crippen LogP contribution in [0.15, 0.2) is 224 Å². The maximum absolute atomic E-state index is 2.55. The Labute approximate surface area is 389 Å². The molecule has 0 saturated carbocycles. The number of hydrogen-bond acceptors (Lipinski definition) is 2. The summed E-state index contributed by atoms with van der Waals surface area (Å²) in [7, 11) is 0. The van der Waals surface area contributed by atoms with Gasteiger partial charge in [0.25, 0.3) is 0 Å². The van der Waals surface area contributed by atoms with Crippen molar-refractivity contribution in [1.82, 2.24) is 0 Å². The molecule has 0 unspecified atom stereocenters. The average molecular weight is 858 g/mol. The summed E-state index contributed by atoms with van der Waals surface area (Å²) in [5.74, 6) is 0. The normalized spacial score (nSPS) is 14.2. The molecule has 0 amide bonds. The summed E-state index contributed by atoms with van der Waals surface area (Å²) in [4.78, 5) is 2.46. The van der Waals surface area contributed by atoms with Crippen molar-refractivity contribution in [1.29, 1.82) is 0 Å². The maximum Gasteiger partial charge on any atom is 0.0725 e. The average Bonchev–Trinajstić information content (AvgIpc) is 4.06. The molecule has 0 fully saturated rings. The Kier molecular flexibility index (Phi) is 7.89. The third-order valence-electron chi connectivity index (χ3n) is 15.1. The first-order valence-electron chi connectivity index (χ1n) is 23.1. The van der Waals surface area contributed by atoms with Gasteiger partial charge in [-0.2, -0.15) is 0 Å². The highest BCUT2D eigenvalue weighted by Gasteiger charge is 2.51. The number of fused-ring (bicyclic) bond motifs is 16. The molecule has 14 rings (SSSR count). The zero-order valence-electron chi connectivity index (χ0n) is 36.7. The molecule has 1 nitrogen and oxygen atoms in total. The summed E-state index contributed by atoms with van der Waals surface area (Å²) in [5.41, 5.74) is 24.1. The molecule has 1 heterocycles. The topological polar surface area (TPSA) is 3.24 Å². The number of thiophene rings is 1. The number of para-hydroxylation sites is 1. The number of benzene rings is 10. The minimum Gasteiger partial charge on any atom is -0.310 e. The lowest BCUT2D eigenvalue weighted by Crippen LogP contribution is -2.25. The van der Waals surface area contributed by atoms with Gasteiger partial charge in [0.15, 0.2) is 0 Å². The Morgan fingerprint density at radius 1 is 0.333 bits per heavy atom. The van der Waals surface area contributed by atoms with Crippen LogP contribution in [0.4, 0.5) is 17.1 Å². The quantitative estimate of drug-likeness (QED) is 0.167. The van der Waals surface area contributed by atoms with Gasteiger partial charge in [0, 0.05) is 42.5 Å². The van der Waals surface area contributed by atoms with Crippen LogP contribution in [0.25, 0.3) is 75.8 Å². The molecule has 0 aliphatic heterocycles. The Morgan fingerprint density at radius 3 is 1.53 bits per heavy atom. The molecule has 66 heavy (non-hydrogen) atoms. The van der Waals surface area contributed by atoms with Gasteiger partial charge in [-0.25, -0.2) is 0 Å². The second-order valence-electron chi connectivity index (χ2n) is 18.7. The van der Waals surface area contributed by atoms with Crippen molar-refractivity contribution in [2.24, 2.45) is 0 Å². The fraction of sp³-hybridized carbons (Fsp3) is 0.0625. The van der Waals surface area contributed by atoms with Gasteiger partial charge in [0.2, 0.25) is 0 Å². The van der Waals surface area contributed by atoms with E-state index in [-0.39, 0.29) is 10.8 Å². The minimum atomic E-state index is -0.363. The molecular formula is C64H43NS. The molecule has 1 spiro atoms. The second-order valence-corrected chi connectivity index (χ2v) is 19.8. The van der Waals surface area contributed by atoms with E-state index in [2.05, 4.69) is 243 Å². The molecule has 10 aromatic carbocycles. The summed E-state index contributed by atoms with van der Waals surface area (Å²) >= 11 is 1.93. The highest BCUT2D eigenvalue weighted by atomic mass is 32.1. The molecule has 0 N–H and O–H groups in total. The van der Waals surface area contributed by atoms with Gasteiger partial charge in [-0.15, -0.1) is 11.3 Å². The first-order valence-corrected chi connectivity index (χ1v) is 23.9. The SMILES string of the molecule is CC1(C)c2ccccc2-c2ccc(N(c3ccc(-c4cccc5c4sc4cc6c(cc45)C4(c5ccccc5-c5ccccc54)c4ccccc4-6)cc3)c3ccccc3-c3ccccc3)cc21. The fourth-order valence-electron chi connectivity index (χ4n) is 12.2. The van der Waals surface area contributed by atoms with Gasteiger partial charge in [-0.3, -0.25) is 0 Å². The summed E-state index contributed by atoms with van der Waals surface area (Å²) in [6.45, 7) is 4.73. The zero-order chi connectivity index (χ0) is 43.7. The standard InChI is InChI=1S/C64H43NS/c1-63(2)54-26-11-6-20-46(54)50-36-35-43(37-58(50)63)65(60-30-15-10-19-44(60)40-17-4-3-5-18-40)42-33-31-41(32-34-42)45-24-16-25-51-53-38-59-52(39-61(53)66-62(45)51)49-23-9-14-29-57(49)64(59)55-27-12-7-21-47(55)48-22-8-13-28-56(48)64/h3-39H,1-2H3. The van der Waals surface area contributed by atoms with Crippen molar-refractivity contribution in [3.8, 4) is 55.6 Å². The first-order chi connectivity index (χ1) is 32.5. The van der Waals surface area contributed by atoms with E-state index in [1.807, 2.05) is 11.3 Å². The van der Waals surface area contributed by atoms with Crippen LogP contribution in [0, 0.1) is 0 Å². The molecule has 2 heteroatoms. The smallest absolute Gasteiger partial charge is 0.0725 e. The van der Waals surface area contributed by atoms with Gasteiger partial charge in [-0.1, -0.05) is 196 Å². The third-order valence-corrected chi connectivity index (χ3v) is 16.3. The molecule has 0 saturated heterocycles. The maximum atomic E-state index is 2.55. The molecule has 0 radical (unpaired) electrons. The minimum absolute atomic E-state index is 0.116. The number of anilines is 3. The second kappa shape index (κ2) is 13.9. The summed E-state index contributed by atoms with van der Waals surface area (Å²) in [6, 6.07) is 84.2. The van der Waals surface area contributed by atoms with E-state index >= 15 is 0 Å². The van der Waals surface area contributed by atoms with Crippen molar-refractivity contribution >= 4 is 48.6 Å². The van der Waals surface area contributed by atoms with Crippen LogP contribution in [-0.2, 0) is 10.8 Å². The van der Waals surface area contributed by atoms with Crippen LogP contribution in [0.3, 0.4) is 0 Å². The Bertz CT molecular complexity index is 3750. The van der Waals surface area contributed by atoms with Crippen molar-refractivity contribution < 1.29 is 0 Å². The van der Waals surface area contributed by atoms with E-state index < -0.39 is 0 Å². The van der Waals surface area contributed by atoms with E-state index in [1.54, 1.807) is 0 Å². The highest BCUT2D eigenvalue weighted by molar-refractivity contribution is 7.26. The van der Waals surface area contributed by atoms with E-state index in [0.717, 1.165) is 17.1 Å². The monoisotopic (exact) mass is 857 g/mol. The Balaban J connectivity index is 0.921. The molecule has 3 aliphatic rings. The van der Waals surface area contributed by atoms with Crippen LogP contribution in [-0.4, -0.2) is 0 Å². The van der Waals surface area contributed by atoms with E-state index in [1.165, 1.54) is 109 Å². The third kappa shape index (κ3) is 5.05. The summed E-state index contributed by atoms with van der Waals surface area (Å²) in [5, 5.41) is 2.64. The van der Waals surface area contributed by atoms with Crippen LogP contribution >= 0.6 is 11.3 Å². The van der Waals surface area contributed by atoms with Gasteiger partial charge >= 0.3 is 0 Å². The van der Waals surface area contributed by atoms with E-state index in [0.29, 0.717) is 0 Å². The number of nitrogens with zero attached hydrogens (tertiary/aromatic N) is 1. The van der Waals surface area contributed by atoms with Crippen molar-refractivity contribution in [2.45, 2.75) is 24.7 Å². The van der Waals surface area contributed by atoms with Crippen LogP contribution in [0.5, 0.6) is 0 Å². The molecule has 310 valence electrons. The molecular weight excluding hydrogens is 815 g/mol. The zero-order valence-corrected chi connectivity index (χ0v) is 37.5. The Morgan fingerprint density at radius 2 is 0.848 bits per heavy atom. The van der Waals surface area contributed by atoms with Crippen LogP contribution in [0.2, 0.25) is 0 Å². The largest absolute Gasteiger partial charge is 0.310 e. The molecule has 11 aromatic rings. The molecule has 0 bridgehead atoms. The predicted molar refractivity (Wildman–Crippen MR) is 279 cm³/mol. The van der Waals surface area contributed by atoms with Crippen molar-refractivity contribution in [2.75, 3.05) is 4.90 Å². The van der Waals surface area contributed by atoms with Crippen molar-refractivity contribution in [3.05, 3.63) is 258 Å². The summed E-state index contributed by atoms with van der Waals surface area (Å²) < 4.78 is 2.65. The predicted octanol–water partition coefficient (Wildman–Crippen LogP) is 17.5. The molecule has 3 aliphatic carbocycles. The first kappa shape index (κ1) is 37.6. The Hall–Kier alpha value is -7.78. The van der Waals surface area contributed by atoms with Crippen LogP contribution in [0.1, 0.15) is 47.2 Å². The van der Waals surface area contributed by atoms with Gasteiger partial charge in [0.05, 0.1) is 11.1 Å². The van der Waals surface area contributed by atoms with Gasteiger partial charge < -0.3 is 4.90 Å². The lowest BCUT2D eigenvalue weighted by Gasteiger charge is -2.30. The van der Waals surface area contributed by atoms with E-state index in [9.17, 15) is 0 Å². The fourth-order valence-corrected chi connectivity index (χ4v) is 13.4. The highest BCUT2D eigenvalue weighted by Crippen LogP contribution is 2.64. The molecule has 0 atom stereocenters. The number of rotatable bonds is 5. The lowest BCUT2D eigenvalue weighted by molar-refractivity contribution is 0.660. The van der Waals surface area contributed by atoms with Gasteiger partial charge in [0.1, 0.15) is 0 Å². The number of hydrogen-bond donors (Lipinski definition) is 0. The lowest BCUT2D eigenvalue weighted by atomic mass is 9.70. The van der Waals surface area contributed by atoms with Gasteiger partial charge in [-0.05, 0) is 126 Å². The van der Waals surface area contributed by atoms with Crippen molar-refractivity contribution in [3.63, 3.8) is 0 Å². The molecule has 1 aromatic heterocycles. The van der Waals surface area contributed by atoms with Crippen LogP contribution < -0.4 is 4.90 Å². The van der Waals surface area contributed by atoms with E-state index in [4.69, 9.17) is 0 Å². The summed E-state index contributed by atoms with van der Waals surface area (Å²) in [6.07, 6.45) is 0.